The minimum Gasteiger partial charge on any atom is -0.388 e. The van der Waals surface area contributed by atoms with Crippen molar-refractivity contribution < 1.29 is 29.2 Å². The SMILES string of the molecule is CC(C)(O)[C@@H](O)C1CCC2C(CC3C4CCC5C(C)(C)[C@@H](OC6CN(C=O)CCO6)CC[C@@]56CC46CC[C@]23C)O1. The number of carbonyl (C=O) groups excluding carboxylic acids is 1. The molecule has 0 aromatic heterocycles. The lowest BCUT2D eigenvalue weighted by molar-refractivity contribution is -0.243. The molecule has 7 rings (SSSR count). The maximum absolute atomic E-state index is 11.3. The van der Waals surface area contributed by atoms with Gasteiger partial charge >= 0.3 is 0 Å². The van der Waals surface area contributed by atoms with Gasteiger partial charge in [-0.1, -0.05) is 20.8 Å². The molecule has 7 aliphatic rings. The summed E-state index contributed by atoms with van der Waals surface area (Å²) in [4.78, 5) is 13.1. The zero-order valence-corrected chi connectivity index (χ0v) is 25.4. The zero-order valence-electron chi connectivity index (χ0n) is 25.4. The van der Waals surface area contributed by atoms with Crippen molar-refractivity contribution in [2.75, 3.05) is 19.7 Å². The van der Waals surface area contributed by atoms with Crippen molar-refractivity contribution in [2.24, 2.45) is 45.3 Å². The van der Waals surface area contributed by atoms with Gasteiger partial charge in [-0.3, -0.25) is 4.79 Å². The minimum absolute atomic E-state index is 0.0908. The van der Waals surface area contributed by atoms with Gasteiger partial charge in [0.2, 0.25) is 6.41 Å². The lowest BCUT2D eigenvalue weighted by Crippen LogP contribution is -2.56. The summed E-state index contributed by atoms with van der Waals surface area (Å²) in [6.45, 7) is 12.6. The maximum Gasteiger partial charge on any atom is 0.209 e. The third-order valence-corrected chi connectivity index (χ3v) is 14.2. The van der Waals surface area contributed by atoms with Crippen molar-refractivity contribution in [3.63, 3.8) is 0 Å². The molecule has 0 aromatic carbocycles. The lowest BCUT2D eigenvalue weighted by atomic mass is 9.46. The fourth-order valence-corrected chi connectivity index (χ4v) is 12.2. The van der Waals surface area contributed by atoms with Gasteiger partial charge in [0, 0.05) is 6.54 Å². The normalized spacial score (nSPS) is 51.9. The van der Waals surface area contributed by atoms with E-state index in [1.807, 2.05) is 0 Å². The molecule has 2 N–H and O–H groups in total. The highest BCUT2D eigenvalue weighted by Crippen LogP contribution is 2.87. The second kappa shape index (κ2) is 9.14. The summed E-state index contributed by atoms with van der Waals surface area (Å²) >= 11 is 0. The number of rotatable bonds is 5. The van der Waals surface area contributed by atoms with E-state index in [2.05, 4.69) is 20.8 Å². The summed E-state index contributed by atoms with van der Waals surface area (Å²) in [5.41, 5.74) is 0.227. The summed E-state index contributed by atoms with van der Waals surface area (Å²) in [5.74, 6) is 2.74. The number of aliphatic hydroxyl groups excluding tert-OH is 1. The summed E-state index contributed by atoms with van der Waals surface area (Å²) in [6, 6.07) is 0. The van der Waals surface area contributed by atoms with Crippen LogP contribution < -0.4 is 0 Å². The maximum atomic E-state index is 11.3. The van der Waals surface area contributed by atoms with E-state index >= 15 is 0 Å². The van der Waals surface area contributed by atoms with Gasteiger partial charge in [0.05, 0.1) is 37.1 Å². The molecule has 2 aliphatic heterocycles. The molecule has 12 atom stereocenters. The summed E-state index contributed by atoms with van der Waals surface area (Å²) in [7, 11) is 0. The van der Waals surface area contributed by atoms with Gasteiger partial charge in [-0.25, -0.2) is 0 Å². The van der Waals surface area contributed by atoms with Crippen molar-refractivity contribution in [3.05, 3.63) is 0 Å². The molecule has 5 saturated carbocycles. The quantitative estimate of drug-likeness (QED) is 0.482. The molecule has 5 aliphatic carbocycles. The van der Waals surface area contributed by atoms with Crippen molar-refractivity contribution in [3.8, 4) is 0 Å². The van der Waals surface area contributed by atoms with Gasteiger partial charge in [0.15, 0.2) is 6.29 Å². The van der Waals surface area contributed by atoms with E-state index in [4.69, 9.17) is 14.2 Å². The molecular weight excluding hydrogens is 506 g/mol. The topological polar surface area (TPSA) is 88.5 Å². The first-order valence-electron chi connectivity index (χ1n) is 16.4. The van der Waals surface area contributed by atoms with E-state index in [1.165, 1.54) is 38.5 Å². The predicted molar refractivity (Wildman–Crippen MR) is 150 cm³/mol. The number of aliphatic hydroxyl groups is 2. The van der Waals surface area contributed by atoms with Crippen molar-refractivity contribution in [1.29, 1.82) is 0 Å². The van der Waals surface area contributed by atoms with Gasteiger partial charge in [-0.05, 0) is 123 Å². The van der Waals surface area contributed by atoms with Crippen LogP contribution in [0.3, 0.4) is 0 Å². The predicted octanol–water partition coefficient (Wildman–Crippen LogP) is 4.52. The number of hydrogen-bond acceptors (Lipinski definition) is 6. The summed E-state index contributed by atoms with van der Waals surface area (Å²) < 4.78 is 19.3. The van der Waals surface area contributed by atoms with Gasteiger partial charge in [-0.15, -0.1) is 0 Å². The fraction of sp³-hybridized carbons (Fsp3) is 0.970. The van der Waals surface area contributed by atoms with Gasteiger partial charge in [0.1, 0.15) is 6.10 Å². The second-order valence-corrected chi connectivity index (χ2v) is 16.5. The molecule has 0 radical (unpaired) electrons. The Morgan fingerprint density at radius 3 is 2.52 bits per heavy atom. The monoisotopic (exact) mass is 559 g/mol. The molecule has 8 unspecified atom stereocenters. The molecule has 7 fully saturated rings. The van der Waals surface area contributed by atoms with E-state index in [0.717, 1.165) is 38.0 Å². The van der Waals surface area contributed by atoms with E-state index in [0.29, 0.717) is 53.7 Å². The first-order chi connectivity index (χ1) is 18.9. The molecule has 2 saturated heterocycles. The molecule has 2 heterocycles. The Kier molecular flexibility index (Phi) is 6.41. The van der Waals surface area contributed by atoms with Crippen LogP contribution >= 0.6 is 0 Å². The van der Waals surface area contributed by atoms with Crippen LogP contribution in [0.15, 0.2) is 0 Å². The molecule has 40 heavy (non-hydrogen) atoms. The number of morpholine rings is 1. The third kappa shape index (κ3) is 3.82. The van der Waals surface area contributed by atoms with Gasteiger partial charge < -0.3 is 29.3 Å². The molecule has 2 spiro atoms. The van der Waals surface area contributed by atoms with Crippen molar-refractivity contribution >= 4 is 6.41 Å². The van der Waals surface area contributed by atoms with E-state index in [1.54, 1.807) is 18.7 Å². The number of hydrogen-bond donors (Lipinski definition) is 2. The lowest BCUT2D eigenvalue weighted by Gasteiger charge is -2.60. The van der Waals surface area contributed by atoms with Gasteiger partial charge in [-0.2, -0.15) is 0 Å². The highest BCUT2D eigenvalue weighted by molar-refractivity contribution is 5.47. The molecule has 1 amide bonds. The standard InChI is InChI=1S/C33H53NO6/c1-29(2)25-9-7-20-22-16-24-21(6-8-23(39-24)28(36)30(3,4)37)31(22,5)12-13-32(20)18-33(25,32)11-10-26(29)40-27-17-34(19-35)14-15-38-27/h19-28,36-37H,6-18H2,1-5H3/t20?,21?,22?,23?,24?,25?,26-,27?,28-,31+,32?,33+/m0/s1. The number of ether oxygens (including phenoxy) is 3. The Hall–Kier alpha value is -0.730. The molecule has 226 valence electrons. The van der Waals surface area contributed by atoms with E-state index in [-0.39, 0.29) is 30.0 Å². The van der Waals surface area contributed by atoms with Crippen LogP contribution in [0.5, 0.6) is 0 Å². The average molecular weight is 560 g/mol. The Bertz CT molecular complexity index is 1010. The van der Waals surface area contributed by atoms with Crippen LogP contribution in [0.2, 0.25) is 0 Å². The first-order valence-corrected chi connectivity index (χ1v) is 16.4. The Morgan fingerprint density at radius 1 is 1.00 bits per heavy atom. The summed E-state index contributed by atoms with van der Waals surface area (Å²) in [6.07, 6.45) is 12.0. The molecule has 7 heteroatoms. The Morgan fingerprint density at radius 2 is 1.77 bits per heavy atom. The number of amides is 1. The van der Waals surface area contributed by atoms with Crippen LogP contribution in [0.1, 0.15) is 98.8 Å². The Labute approximate surface area is 240 Å². The number of carbonyl (C=O) groups is 1. The largest absolute Gasteiger partial charge is 0.388 e. The van der Waals surface area contributed by atoms with E-state index in [9.17, 15) is 15.0 Å². The van der Waals surface area contributed by atoms with Crippen LogP contribution in [-0.2, 0) is 19.0 Å². The molecule has 0 aromatic rings. The van der Waals surface area contributed by atoms with Crippen molar-refractivity contribution in [1.82, 2.24) is 4.90 Å². The second-order valence-electron chi connectivity index (χ2n) is 16.5. The number of nitrogens with zero attached hydrogens (tertiary/aromatic N) is 1. The first kappa shape index (κ1) is 28.1. The summed E-state index contributed by atoms with van der Waals surface area (Å²) in [5, 5.41) is 21.3. The fourth-order valence-electron chi connectivity index (χ4n) is 12.2. The molecule has 7 nitrogen and oxygen atoms in total. The van der Waals surface area contributed by atoms with Crippen LogP contribution in [-0.4, -0.2) is 77.5 Å². The van der Waals surface area contributed by atoms with E-state index < -0.39 is 11.7 Å². The minimum atomic E-state index is -1.14. The highest BCUT2D eigenvalue weighted by Gasteiger charge is 2.80. The molecule has 0 bridgehead atoms. The third-order valence-electron chi connectivity index (χ3n) is 14.2. The zero-order chi connectivity index (χ0) is 28.3. The highest BCUT2D eigenvalue weighted by atomic mass is 16.7. The smallest absolute Gasteiger partial charge is 0.209 e. The van der Waals surface area contributed by atoms with Crippen molar-refractivity contribution in [2.45, 2.75) is 135 Å². The van der Waals surface area contributed by atoms with Crippen LogP contribution in [0.25, 0.3) is 0 Å². The van der Waals surface area contributed by atoms with Crippen LogP contribution in [0, 0.1) is 45.3 Å². The average Bonchev–Trinajstić information content (AvgIpc) is 3.49. The molecular formula is C33H53NO6. The number of fused-ring (bicyclic) bond motifs is 4. The van der Waals surface area contributed by atoms with Crippen LogP contribution in [0.4, 0.5) is 0 Å². The Balaban J connectivity index is 1.08. The van der Waals surface area contributed by atoms with Gasteiger partial charge in [0.25, 0.3) is 0 Å².